The standard InChI is InChI=1S/C16H14Cl3NO2/c17-16(18,19)15(20)22-11-13-6-8-14(9-7-13)21-10-12-4-2-1-3-5-12/h1-9,20H,10-11H2. The molecule has 0 aromatic heterocycles. The van der Waals surface area contributed by atoms with Gasteiger partial charge in [0.15, 0.2) is 0 Å². The zero-order chi connectivity index (χ0) is 16.0. The summed E-state index contributed by atoms with van der Waals surface area (Å²) in [5.74, 6) is 0.353. The first-order valence-electron chi connectivity index (χ1n) is 6.49. The lowest BCUT2D eigenvalue weighted by molar-refractivity contribution is 0.282. The van der Waals surface area contributed by atoms with Crippen molar-refractivity contribution in [2.75, 3.05) is 0 Å². The summed E-state index contributed by atoms with van der Waals surface area (Å²) >= 11 is 16.6. The van der Waals surface area contributed by atoms with Crippen LogP contribution < -0.4 is 4.74 Å². The van der Waals surface area contributed by atoms with E-state index in [4.69, 9.17) is 49.7 Å². The predicted octanol–water partition coefficient (Wildman–Crippen LogP) is 5.13. The van der Waals surface area contributed by atoms with Gasteiger partial charge < -0.3 is 9.47 Å². The van der Waals surface area contributed by atoms with Crippen LogP contribution in [0.3, 0.4) is 0 Å². The fourth-order valence-corrected chi connectivity index (χ4v) is 1.82. The van der Waals surface area contributed by atoms with Gasteiger partial charge in [0.25, 0.3) is 3.79 Å². The summed E-state index contributed by atoms with van der Waals surface area (Å²) in [5.41, 5.74) is 1.96. The van der Waals surface area contributed by atoms with Crippen molar-refractivity contribution in [1.29, 1.82) is 5.41 Å². The highest BCUT2D eigenvalue weighted by atomic mass is 35.6. The number of hydrogen-bond acceptors (Lipinski definition) is 3. The van der Waals surface area contributed by atoms with Gasteiger partial charge in [-0.2, -0.15) is 0 Å². The molecule has 0 amide bonds. The molecule has 2 aromatic carbocycles. The minimum atomic E-state index is -1.83. The molecule has 0 aliphatic carbocycles. The topological polar surface area (TPSA) is 42.3 Å². The molecule has 0 heterocycles. The highest BCUT2D eigenvalue weighted by Gasteiger charge is 2.28. The molecule has 0 atom stereocenters. The fraction of sp³-hybridized carbons (Fsp3) is 0.188. The van der Waals surface area contributed by atoms with Gasteiger partial charge in [0.1, 0.15) is 19.0 Å². The second-order valence-corrected chi connectivity index (χ2v) is 6.82. The summed E-state index contributed by atoms with van der Waals surface area (Å²) in [4.78, 5) is 0. The van der Waals surface area contributed by atoms with Gasteiger partial charge in [-0.3, -0.25) is 5.41 Å². The first-order chi connectivity index (χ1) is 10.4. The van der Waals surface area contributed by atoms with E-state index in [0.717, 1.165) is 16.9 Å². The predicted molar refractivity (Wildman–Crippen MR) is 90.0 cm³/mol. The average molecular weight is 359 g/mol. The van der Waals surface area contributed by atoms with E-state index in [1.165, 1.54) is 0 Å². The SMILES string of the molecule is N=C(OCc1ccc(OCc2ccccc2)cc1)C(Cl)(Cl)Cl. The molecule has 0 saturated carbocycles. The summed E-state index contributed by atoms with van der Waals surface area (Å²) in [7, 11) is 0. The Labute approximate surface area is 144 Å². The third-order valence-corrected chi connectivity index (χ3v) is 3.33. The quantitative estimate of drug-likeness (QED) is 0.457. The van der Waals surface area contributed by atoms with Crippen LogP contribution in [0.4, 0.5) is 0 Å². The number of halogens is 3. The molecule has 0 bridgehead atoms. The minimum absolute atomic E-state index is 0.158. The molecule has 0 saturated heterocycles. The van der Waals surface area contributed by atoms with Crippen molar-refractivity contribution in [2.24, 2.45) is 0 Å². The number of hydrogen-bond donors (Lipinski definition) is 1. The number of nitrogens with one attached hydrogen (secondary N) is 1. The molecule has 2 rings (SSSR count). The summed E-state index contributed by atoms with van der Waals surface area (Å²) < 4.78 is 8.95. The van der Waals surface area contributed by atoms with Crippen LogP contribution in [-0.2, 0) is 18.0 Å². The van der Waals surface area contributed by atoms with Gasteiger partial charge in [-0.1, -0.05) is 77.3 Å². The lowest BCUT2D eigenvalue weighted by atomic mass is 10.2. The second kappa shape index (κ2) is 7.73. The van der Waals surface area contributed by atoms with Crippen molar-refractivity contribution in [2.45, 2.75) is 17.0 Å². The Balaban J connectivity index is 1.84. The Kier molecular flexibility index (Phi) is 5.95. The Bertz CT molecular complexity index is 610. The van der Waals surface area contributed by atoms with Gasteiger partial charge in [0, 0.05) is 0 Å². The lowest BCUT2D eigenvalue weighted by Gasteiger charge is -2.13. The summed E-state index contributed by atoms with van der Waals surface area (Å²) in [6.45, 7) is 0.667. The molecule has 3 nitrogen and oxygen atoms in total. The molecule has 0 aliphatic rings. The number of rotatable bonds is 5. The van der Waals surface area contributed by atoms with Gasteiger partial charge in [-0.25, -0.2) is 0 Å². The van der Waals surface area contributed by atoms with Gasteiger partial charge in [-0.05, 0) is 23.3 Å². The molecule has 2 aromatic rings. The summed E-state index contributed by atoms with van der Waals surface area (Å²) in [6, 6.07) is 17.3. The van der Waals surface area contributed by atoms with Crippen molar-refractivity contribution in [3.8, 4) is 5.75 Å². The number of alkyl halides is 3. The van der Waals surface area contributed by atoms with E-state index in [-0.39, 0.29) is 6.61 Å². The fourth-order valence-electron chi connectivity index (χ4n) is 1.66. The summed E-state index contributed by atoms with van der Waals surface area (Å²) in [5, 5.41) is 7.45. The normalized spacial score (nSPS) is 11.0. The van der Waals surface area contributed by atoms with Gasteiger partial charge in [-0.15, -0.1) is 0 Å². The Morgan fingerprint density at radius 3 is 2.05 bits per heavy atom. The van der Waals surface area contributed by atoms with E-state index in [0.29, 0.717) is 6.61 Å². The molecule has 0 unspecified atom stereocenters. The van der Waals surface area contributed by atoms with Gasteiger partial charge in [0.2, 0.25) is 5.90 Å². The smallest absolute Gasteiger partial charge is 0.265 e. The van der Waals surface area contributed by atoms with Crippen LogP contribution in [-0.4, -0.2) is 9.69 Å². The molecular weight excluding hydrogens is 345 g/mol. The third-order valence-electron chi connectivity index (χ3n) is 2.81. The van der Waals surface area contributed by atoms with Crippen LogP contribution in [0.2, 0.25) is 0 Å². The monoisotopic (exact) mass is 357 g/mol. The maximum atomic E-state index is 7.45. The third kappa shape index (κ3) is 5.41. The first-order valence-corrected chi connectivity index (χ1v) is 7.63. The van der Waals surface area contributed by atoms with Crippen LogP contribution in [0, 0.1) is 5.41 Å². The van der Waals surface area contributed by atoms with E-state index >= 15 is 0 Å². The van der Waals surface area contributed by atoms with E-state index in [9.17, 15) is 0 Å². The van der Waals surface area contributed by atoms with Crippen LogP contribution >= 0.6 is 34.8 Å². The largest absolute Gasteiger partial charge is 0.489 e. The Morgan fingerprint density at radius 2 is 1.45 bits per heavy atom. The van der Waals surface area contributed by atoms with E-state index < -0.39 is 9.69 Å². The Morgan fingerprint density at radius 1 is 0.864 bits per heavy atom. The number of benzene rings is 2. The highest BCUT2D eigenvalue weighted by molar-refractivity contribution is 6.76. The molecular formula is C16H14Cl3NO2. The first kappa shape index (κ1) is 16.9. The second-order valence-electron chi connectivity index (χ2n) is 4.53. The van der Waals surface area contributed by atoms with Crippen molar-refractivity contribution in [1.82, 2.24) is 0 Å². The molecule has 1 N–H and O–H groups in total. The number of ether oxygens (including phenoxy) is 2. The van der Waals surface area contributed by atoms with Crippen molar-refractivity contribution < 1.29 is 9.47 Å². The van der Waals surface area contributed by atoms with Gasteiger partial charge in [0.05, 0.1) is 0 Å². The average Bonchev–Trinajstić information content (AvgIpc) is 2.51. The van der Waals surface area contributed by atoms with Crippen molar-refractivity contribution >= 4 is 40.7 Å². The van der Waals surface area contributed by atoms with Crippen LogP contribution in [0.25, 0.3) is 0 Å². The minimum Gasteiger partial charge on any atom is -0.489 e. The Hall–Kier alpha value is -1.42. The van der Waals surface area contributed by atoms with Gasteiger partial charge >= 0.3 is 0 Å². The van der Waals surface area contributed by atoms with Crippen LogP contribution in [0.15, 0.2) is 54.6 Å². The maximum Gasteiger partial charge on any atom is 0.265 e. The summed E-state index contributed by atoms with van der Waals surface area (Å²) in [6.07, 6.45) is 0. The lowest BCUT2D eigenvalue weighted by Crippen LogP contribution is -2.20. The molecule has 116 valence electrons. The highest BCUT2D eigenvalue weighted by Crippen LogP contribution is 2.28. The molecule has 6 heteroatoms. The van der Waals surface area contributed by atoms with E-state index in [1.807, 2.05) is 54.6 Å². The zero-order valence-corrected chi connectivity index (χ0v) is 13.8. The molecule has 0 radical (unpaired) electrons. The van der Waals surface area contributed by atoms with Crippen LogP contribution in [0.1, 0.15) is 11.1 Å². The molecule has 0 fully saturated rings. The maximum absolute atomic E-state index is 7.45. The van der Waals surface area contributed by atoms with E-state index in [2.05, 4.69) is 0 Å². The van der Waals surface area contributed by atoms with E-state index in [1.54, 1.807) is 0 Å². The van der Waals surface area contributed by atoms with Crippen LogP contribution in [0.5, 0.6) is 5.75 Å². The van der Waals surface area contributed by atoms with Crippen molar-refractivity contribution in [3.63, 3.8) is 0 Å². The zero-order valence-electron chi connectivity index (χ0n) is 11.6. The van der Waals surface area contributed by atoms with Crippen molar-refractivity contribution in [3.05, 3.63) is 65.7 Å². The molecule has 0 aliphatic heterocycles. The molecule has 22 heavy (non-hydrogen) atoms. The molecule has 0 spiro atoms.